The van der Waals surface area contributed by atoms with Crippen LogP contribution in [0.4, 0.5) is 0 Å². The zero-order valence-corrected chi connectivity index (χ0v) is 8.42. The van der Waals surface area contributed by atoms with E-state index in [4.69, 9.17) is 12.2 Å². The number of hydrogen-bond acceptors (Lipinski definition) is 2. The molecular formula is C7H15N3OS. The standard InChI is InChI=1S/C7H15N3OS/c1-5(2)4-8-7(12)10-9-6(3)11/h5H,4H2,1-3H3,(H,9,11)(H2,8,10,12). The van der Waals surface area contributed by atoms with E-state index in [0.29, 0.717) is 11.0 Å². The summed E-state index contributed by atoms with van der Waals surface area (Å²) in [5, 5.41) is 3.39. The molecular weight excluding hydrogens is 174 g/mol. The molecule has 12 heavy (non-hydrogen) atoms. The molecule has 0 spiro atoms. The molecule has 0 heterocycles. The van der Waals surface area contributed by atoms with Crippen LogP contribution in [-0.2, 0) is 4.79 Å². The summed E-state index contributed by atoms with van der Waals surface area (Å²) < 4.78 is 0. The molecule has 0 aliphatic carbocycles. The lowest BCUT2D eigenvalue weighted by Gasteiger charge is -2.11. The second-order valence-corrected chi connectivity index (χ2v) is 3.32. The first-order chi connectivity index (χ1) is 5.52. The minimum atomic E-state index is -0.163. The highest BCUT2D eigenvalue weighted by atomic mass is 32.1. The molecule has 0 bridgehead atoms. The smallest absolute Gasteiger partial charge is 0.235 e. The number of rotatable bonds is 2. The number of amides is 1. The molecule has 0 fully saturated rings. The van der Waals surface area contributed by atoms with Gasteiger partial charge in [-0.2, -0.15) is 0 Å². The fraction of sp³-hybridized carbons (Fsp3) is 0.714. The van der Waals surface area contributed by atoms with Crippen molar-refractivity contribution in [1.82, 2.24) is 16.2 Å². The fourth-order valence-electron chi connectivity index (χ4n) is 0.486. The lowest BCUT2D eigenvalue weighted by molar-refractivity contribution is -0.119. The van der Waals surface area contributed by atoms with E-state index in [-0.39, 0.29) is 5.91 Å². The van der Waals surface area contributed by atoms with Crippen molar-refractivity contribution in [3.05, 3.63) is 0 Å². The van der Waals surface area contributed by atoms with Gasteiger partial charge in [-0.05, 0) is 18.1 Å². The molecule has 3 N–H and O–H groups in total. The molecule has 1 amide bonds. The van der Waals surface area contributed by atoms with E-state index >= 15 is 0 Å². The predicted octanol–water partition coefficient (Wildman–Crippen LogP) is 0.158. The molecule has 0 atom stereocenters. The third kappa shape index (κ3) is 7.27. The van der Waals surface area contributed by atoms with Crippen molar-refractivity contribution < 1.29 is 4.79 Å². The molecule has 0 aromatic carbocycles. The Morgan fingerprint density at radius 2 is 2.00 bits per heavy atom. The lowest BCUT2D eigenvalue weighted by atomic mass is 10.2. The molecule has 4 nitrogen and oxygen atoms in total. The topological polar surface area (TPSA) is 53.2 Å². The number of hydrazine groups is 1. The Morgan fingerprint density at radius 1 is 1.42 bits per heavy atom. The third-order valence-electron chi connectivity index (χ3n) is 1.02. The maximum Gasteiger partial charge on any atom is 0.235 e. The SMILES string of the molecule is CC(=O)NNC(=S)NCC(C)C. The van der Waals surface area contributed by atoms with Crippen LogP contribution < -0.4 is 16.2 Å². The highest BCUT2D eigenvalue weighted by molar-refractivity contribution is 7.80. The Balaban J connectivity index is 3.40. The van der Waals surface area contributed by atoms with Gasteiger partial charge < -0.3 is 5.32 Å². The Kier molecular flexibility index (Phi) is 5.36. The third-order valence-corrected chi connectivity index (χ3v) is 1.27. The van der Waals surface area contributed by atoms with Gasteiger partial charge in [0, 0.05) is 13.5 Å². The van der Waals surface area contributed by atoms with E-state index in [9.17, 15) is 4.79 Å². The molecule has 0 saturated heterocycles. The molecule has 0 rings (SSSR count). The fourth-order valence-corrected chi connectivity index (χ4v) is 0.620. The van der Waals surface area contributed by atoms with Gasteiger partial charge in [-0.15, -0.1) is 0 Å². The van der Waals surface area contributed by atoms with Crippen LogP contribution in [0.5, 0.6) is 0 Å². The highest BCUT2D eigenvalue weighted by Crippen LogP contribution is 1.85. The molecule has 5 heteroatoms. The summed E-state index contributed by atoms with van der Waals surface area (Å²) in [6.45, 7) is 6.37. The van der Waals surface area contributed by atoms with E-state index in [1.165, 1.54) is 6.92 Å². The van der Waals surface area contributed by atoms with Crippen LogP contribution in [0.3, 0.4) is 0 Å². The average Bonchev–Trinajstić information content (AvgIpc) is 1.96. The quantitative estimate of drug-likeness (QED) is 0.428. The summed E-state index contributed by atoms with van der Waals surface area (Å²) in [5.74, 6) is 0.366. The van der Waals surface area contributed by atoms with Crippen molar-refractivity contribution in [3.63, 3.8) is 0 Å². The molecule has 0 aliphatic rings. The van der Waals surface area contributed by atoms with Crippen molar-refractivity contribution in [2.24, 2.45) is 5.92 Å². The van der Waals surface area contributed by atoms with Crippen molar-refractivity contribution in [2.45, 2.75) is 20.8 Å². The Labute approximate surface area is 78.1 Å². The molecule has 0 aliphatic heterocycles. The predicted molar refractivity (Wildman–Crippen MR) is 52.4 cm³/mol. The Hall–Kier alpha value is -0.840. The van der Waals surface area contributed by atoms with Gasteiger partial charge in [0.25, 0.3) is 0 Å². The molecule has 0 aromatic rings. The van der Waals surface area contributed by atoms with Gasteiger partial charge in [0.1, 0.15) is 0 Å². The van der Waals surface area contributed by atoms with Crippen LogP contribution in [-0.4, -0.2) is 17.6 Å². The van der Waals surface area contributed by atoms with Crippen LogP contribution >= 0.6 is 12.2 Å². The first kappa shape index (κ1) is 11.2. The van der Waals surface area contributed by atoms with E-state index in [1.54, 1.807) is 0 Å². The first-order valence-corrected chi connectivity index (χ1v) is 4.23. The largest absolute Gasteiger partial charge is 0.361 e. The maximum absolute atomic E-state index is 10.4. The van der Waals surface area contributed by atoms with Crippen LogP contribution in [0.1, 0.15) is 20.8 Å². The Morgan fingerprint density at radius 3 is 2.42 bits per heavy atom. The maximum atomic E-state index is 10.4. The van der Waals surface area contributed by atoms with Gasteiger partial charge in [-0.25, -0.2) is 0 Å². The molecule has 0 aromatic heterocycles. The van der Waals surface area contributed by atoms with Gasteiger partial charge in [-0.1, -0.05) is 13.8 Å². The van der Waals surface area contributed by atoms with Crippen LogP contribution in [0, 0.1) is 5.92 Å². The van der Waals surface area contributed by atoms with Gasteiger partial charge in [0.2, 0.25) is 5.91 Å². The Bertz CT molecular complexity index is 170. The monoisotopic (exact) mass is 189 g/mol. The number of hydrogen-bond donors (Lipinski definition) is 3. The number of carbonyl (C=O) groups excluding carboxylic acids is 1. The average molecular weight is 189 g/mol. The summed E-state index contributed by atoms with van der Waals surface area (Å²) >= 11 is 4.85. The molecule has 70 valence electrons. The summed E-state index contributed by atoms with van der Waals surface area (Å²) in [6, 6.07) is 0. The highest BCUT2D eigenvalue weighted by Gasteiger charge is 1.96. The summed E-state index contributed by atoms with van der Waals surface area (Å²) in [7, 11) is 0. The van der Waals surface area contributed by atoms with E-state index in [1.807, 2.05) is 0 Å². The van der Waals surface area contributed by atoms with Crippen molar-refractivity contribution in [2.75, 3.05) is 6.54 Å². The summed E-state index contributed by atoms with van der Waals surface area (Å²) in [6.07, 6.45) is 0. The van der Waals surface area contributed by atoms with Crippen LogP contribution in [0.2, 0.25) is 0 Å². The van der Waals surface area contributed by atoms with E-state index in [2.05, 4.69) is 30.0 Å². The minimum absolute atomic E-state index is 0.163. The van der Waals surface area contributed by atoms with Gasteiger partial charge in [0.05, 0.1) is 0 Å². The normalized spacial score (nSPS) is 9.33. The van der Waals surface area contributed by atoms with Crippen LogP contribution in [0.25, 0.3) is 0 Å². The number of carbonyl (C=O) groups is 1. The molecule has 0 unspecified atom stereocenters. The number of thiocarbonyl (C=S) groups is 1. The summed E-state index contributed by atoms with van der Waals surface area (Å²) in [5.41, 5.74) is 4.93. The zero-order valence-electron chi connectivity index (χ0n) is 7.60. The zero-order chi connectivity index (χ0) is 9.56. The van der Waals surface area contributed by atoms with Crippen molar-refractivity contribution in [3.8, 4) is 0 Å². The second-order valence-electron chi connectivity index (χ2n) is 2.91. The van der Waals surface area contributed by atoms with Crippen molar-refractivity contribution >= 4 is 23.2 Å². The van der Waals surface area contributed by atoms with Gasteiger partial charge >= 0.3 is 0 Å². The molecule has 0 radical (unpaired) electrons. The van der Waals surface area contributed by atoms with Gasteiger partial charge in [0.15, 0.2) is 5.11 Å². The number of nitrogens with one attached hydrogen (secondary N) is 3. The second kappa shape index (κ2) is 5.77. The lowest BCUT2D eigenvalue weighted by Crippen LogP contribution is -2.46. The van der Waals surface area contributed by atoms with Crippen LogP contribution in [0.15, 0.2) is 0 Å². The first-order valence-electron chi connectivity index (χ1n) is 3.82. The van der Waals surface area contributed by atoms with E-state index < -0.39 is 0 Å². The molecule has 0 saturated carbocycles. The van der Waals surface area contributed by atoms with Gasteiger partial charge in [-0.3, -0.25) is 15.6 Å². The van der Waals surface area contributed by atoms with E-state index in [0.717, 1.165) is 6.54 Å². The van der Waals surface area contributed by atoms with Crippen molar-refractivity contribution in [1.29, 1.82) is 0 Å². The minimum Gasteiger partial charge on any atom is -0.361 e. The summed E-state index contributed by atoms with van der Waals surface area (Å²) in [4.78, 5) is 10.4.